The molecule has 0 aromatic rings. The van der Waals surface area contributed by atoms with Gasteiger partial charge in [-0.1, -0.05) is 0 Å². The first-order valence-electron chi connectivity index (χ1n) is 6.52. The minimum Gasteiger partial charge on any atom is -0.367 e. The van der Waals surface area contributed by atoms with E-state index in [4.69, 9.17) is 0 Å². The average Bonchev–Trinajstić information content (AvgIpc) is 3.30. The van der Waals surface area contributed by atoms with Crippen LogP contribution in [-0.2, 0) is 14.2 Å². The van der Waals surface area contributed by atoms with Crippen molar-refractivity contribution in [1.82, 2.24) is 0 Å². The summed E-state index contributed by atoms with van der Waals surface area (Å²) in [5.41, 5.74) is -3.94. The second kappa shape index (κ2) is 5.41. The summed E-state index contributed by atoms with van der Waals surface area (Å²) in [4.78, 5) is 0. The highest BCUT2D eigenvalue weighted by Gasteiger charge is 2.70. The summed E-state index contributed by atoms with van der Waals surface area (Å²) < 4.78 is 119. The van der Waals surface area contributed by atoms with Crippen LogP contribution in [0.2, 0.25) is 0 Å². The van der Waals surface area contributed by atoms with Crippen LogP contribution in [0.25, 0.3) is 0 Å². The topological polar surface area (TPSA) is 34.3 Å². The van der Waals surface area contributed by atoms with Crippen molar-refractivity contribution < 1.29 is 49.3 Å². The zero-order chi connectivity index (χ0) is 17.8. The molecule has 0 saturated carbocycles. The van der Waals surface area contributed by atoms with Gasteiger partial charge >= 0.3 is 24.7 Å². The first-order chi connectivity index (χ1) is 10.3. The molecule has 11 heteroatoms. The maximum absolute atomic E-state index is 13.7. The molecular weight excluding hydrogens is 344 g/mol. The Bertz CT molecular complexity index is 408. The summed E-state index contributed by atoms with van der Waals surface area (Å²) in [6.45, 7) is 0.984. The summed E-state index contributed by atoms with van der Waals surface area (Å²) in [5, 5.41) is 0. The lowest BCUT2D eigenvalue weighted by molar-refractivity contribution is -0.288. The van der Waals surface area contributed by atoms with Crippen molar-refractivity contribution in [2.45, 2.75) is 62.0 Å². The van der Waals surface area contributed by atoms with E-state index in [2.05, 4.69) is 14.2 Å². The number of hydrogen-bond acceptors (Lipinski definition) is 3. The molecule has 0 aromatic heterocycles. The van der Waals surface area contributed by atoms with Gasteiger partial charge in [0.15, 0.2) is 12.2 Å². The predicted octanol–water partition coefficient (Wildman–Crippen LogP) is 3.12. The van der Waals surface area contributed by atoms with Gasteiger partial charge in [-0.05, 0) is 13.8 Å². The molecule has 0 amide bonds. The van der Waals surface area contributed by atoms with Gasteiger partial charge in [0.2, 0.25) is 0 Å². The first-order valence-corrected chi connectivity index (χ1v) is 6.52. The molecule has 2 fully saturated rings. The van der Waals surface area contributed by atoms with Crippen LogP contribution in [0.3, 0.4) is 0 Å². The van der Waals surface area contributed by atoms with E-state index in [0.717, 1.165) is 13.8 Å². The van der Waals surface area contributed by atoms with E-state index in [-0.39, 0.29) is 0 Å². The molecule has 4 atom stereocenters. The molecule has 2 aliphatic rings. The number of alkyl halides is 8. The van der Waals surface area contributed by atoms with Crippen molar-refractivity contribution >= 4 is 0 Å². The summed E-state index contributed by atoms with van der Waals surface area (Å²) in [5.74, 6) is -9.74. The zero-order valence-electron chi connectivity index (χ0n) is 12.0. The van der Waals surface area contributed by atoms with E-state index in [1.807, 2.05) is 0 Å². The molecule has 23 heavy (non-hydrogen) atoms. The Kier molecular flexibility index (Phi) is 4.39. The Hall–Kier alpha value is -0.680. The van der Waals surface area contributed by atoms with Gasteiger partial charge in [-0.3, -0.25) is 0 Å². The Labute approximate surface area is 125 Å². The van der Waals surface area contributed by atoms with Gasteiger partial charge in [0, 0.05) is 0 Å². The minimum absolute atomic E-state index is 0.454. The van der Waals surface area contributed by atoms with Gasteiger partial charge in [-0.25, -0.2) is 17.6 Å². The molecule has 2 aliphatic heterocycles. The van der Waals surface area contributed by atoms with Crippen LogP contribution in [0.1, 0.15) is 13.8 Å². The van der Waals surface area contributed by atoms with E-state index < -0.39 is 61.3 Å². The second-order valence-corrected chi connectivity index (χ2v) is 6.05. The van der Waals surface area contributed by atoms with E-state index in [0.29, 0.717) is 0 Å². The van der Waals surface area contributed by atoms with Crippen molar-refractivity contribution in [3.63, 3.8) is 0 Å². The summed E-state index contributed by atoms with van der Waals surface area (Å²) in [6.07, 6.45) is -14.2. The monoisotopic (exact) mass is 358 g/mol. The fourth-order valence-corrected chi connectivity index (χ4v) is 2.18. The van der Waals surface area contributed by atoms with Gasteiger partial charge in [0.1, 0.15) is 11.2 Å². The van der Waals surface area contributed by atoms with E-state index in [9.17, 15) is 35.1 Å². The third kappa shape index (κ3) is 3.27. The maximum Gasteiger partial charge on any atom is 0.335 e. The molecule has 2 rings (SSSR count). The van der Waals surface area contributed by atoms with E-state index >= 15 is 0 Å². The number of hydrogen-bond donors (Lipinski definition) is 0. The van der Waals surface area contributed by atoms with Crippen LogP contribution >= 0.6 is 0 Å². The third-order valence-electron chi connectivity index (χ3n) is 3.86. The lowest BCUT2D eigenvalue weighted by Crippen LogP contribution is -2.58. The van der Waals surface area contributed by atoms with E-state index in [1.165, 1.54) is 0 Å². The molecule has 0 bridgehead atoms. The number of halogens is 8. The number of epoxide rings is 2. The van der Waals surface area contributed by atoms with Gasteiger partial charge in [0.25, 0.3) is 0 Å². The van der Waals surface area contributed by atoms with Crippen LogP contribution in [0.4, 0.5) is 35.1 Å². The van der Waals surface area contributed by atoms with Gasteiger partial charge in [-0.2, -0.15) is 17.6 Å². The summed E-state index contributed by atoms with van der Waals surface area (Å²) in [7, 11) is 0. The normalized spacial score (nSPS) is 33.9. The van der Waals surface area contributed by atoms with Gasteiger partial charge < -0.3 is 14.2 Å². The Morgan fingerprint density at radius 1 is 0.783 bits per heavy atom. The quantitative estimate of drug-likeness (QED) is 0.494. The minimum atomic E-state index is -4.87. The zero-order valence-corrected chi connectivity index (χ0v) is 12.0. The highest BCUT2D eigenvalue weighted by molar-refractivity contribution is 5.08. The third-order valence-corrected chi connectivity index (χ3v) is 3.86. The highest BCUT2D eigenvalue weighted by Crippen LogP contribution is 2.49. The standard InChI is InChI=1S/C12H14F8O3/c1-9(3-21-9)5(11(17,18)7(13)14)23-6(10(2)4-22-10)12(19,20)8(15)16/h5-8H,3-4H2,1-2H3. The molecule has 2 heterocycles. The van der Waals surface area contributed by atoms with Crippen molar-refractivity contribution in [2.24, 2.45) is 0 Å². The van der Waals surface area contributed by atoms with Crippen LogP contribution in [0.15, 0.2) is 0 Å². The Morgan fingerprint density at radius 2 is 1.04 bits per heavy atom. The largest absolute Gasteiger partial charge is 0.367 e. The molecule has 0 N–H and O–H groups in total. The highest BCUT2D eigenvalue weighted by atomic mass is 19.3. The van der Waals surface area contributed by atoms with Crippen LogP contribution in [0, 0.1) is 0 Å². The van der Waals surface area contributed by atoms with Crippen molar-refractivity contribution in [3.8, 4) is 0 Å². The van der Waals surface area contributed by atoms with Gasteiger partial charge in [0.05, 0.1) is 13.2 Å². The summed E-state index contributed by atoms with van der Waals surface area (Å²) in [6, 6.07) is 0. The lowest BCUT2D eigenvalue weighted by Gasteiger charge is -2.36. The van der Waals surface area contributed by atoms with Gasteiger partial charge in [-0.15, -0.1) is 0 Å². The molecule has 136 valence electrons. The second-order valence-electron chi connectivity index (χ2n) is 6.05. The van der Waals surface area contributed by atoms with Crippen molar-refractivity contribution in [2.75, 3.05) is 13.2 Å². The maximum atomic E-state index is 13.7. The van der Waals surface area contributed by atoms with Crippen molar-refractivity contribution in [1.29, 1.82) is 0 Å². The fraction of sp³-hybridized carbons (Fsp3) is 1.00. The number of rotatable bonds is 8. The van der Waals surface area contributed by atoms with E-state index in [1.54, 1.807) is 0 Å². The smallest absolute Gasteiger partial charge is 0.335 e. The van der Waals surface area contributed by atoms with Crippen LogP contribution in [0.5, 0.6) is 0 Å². The molecule has 0 aromatic carbocycles. The molecule has 0 radical (unpaired) electrons. The molecule has 0 spiro atoms. The number of ether oxygens (including phenoxy) is 3. The summed E-state index contributed by atoms with van der Waals surface area (Å²) >= 11 is 0. The molecule has 0 aliphatic carbocycles. The fourth-order valence-electron chi connectivity index (χ4n) is 2.18. The van der Waals surface area contributed by atoms with Crippen molar-refractivity contribution in [3.05, 3.63) is 0 Å². The first kappa shape index (κ1) is 18.7. The predicted molar refractivity (Wildman–Crippen MR) is 59.3 cm³/mol. The Morgan fingerprint density at radius 3 is 1.22 bits per heavy atom. The molecule has 2 saturated heterocycles. The van der Waals surface area contributed by atoms with Crippen LogP contribution < -0.4 is 0 Å². The SMILES string of the molecule is CC1(C(OC(C2(C)CO2)C(F)(F)C(F)F)C(F)(F)C(F)F)CO1. The molecular formula is C12H14F8O3. The Balaban J connectivity index is 2.32. The average molecular weight is 358 g/mol. The lowest BCUT2D eigenvalue weighted by atomic mass is 9.95. The molecule has 3 nitrogen and oxygen atoms in total. The molecule has 4 unspecified atom stereocenters. The van der Waals surface area contributed by atoms with Crippen LogP contribution in [-0.4, -0.2) is 61.3 Å².